The first kappa shape index (κ1) is 18.0. The highest BCUT2D eigenvalue weighted by Crippen LogP contribution is 2.34. The number of carbonyl (C=O) groups excluding carboxylic acids is 2. The zero-order chi connectivity index (χ0) is 18.0. The quantitative estimate of drug-likeness (QED) is 0.604. The topological polar surface area (TPSA) is 46.6 Å². The van der Waals surface area contributed by atoms with Crippen LogP contribution in [0.2, 0.25) is 5.02 Å². The van der Waals surface area contributed by atoms with E-state index in [1.54, 1.807) is 43.5 Å². The molecule has 2 aromatic rings. The molecule has 1 fully saturated rings. The molecule has 7 heteroatoms. The van der Waals surface area contributed by atoms with Gasteiger partial charge in [0.1, 0.15) is 5.75 Å². The number of hydrogen-bond acceptors (Lipinski definition) is 4. The fraction of sp³-hybridized carbons (Fsp3) is 0.111. The first-order valence-electron chi connectivity index (χ1n) is 7.31. The largest absolute Gasteiger partial charge is 0.496 e. The Bertz CT molecular complexity index is 867. The van der Waals surface area contributed by atoms with Crippen LogP contribution in [0.4, 0.5) is 4.79 Å². The maximum absolute atomic E-state index is 12.6. The van der Waals surface area contributed by atoms with E-state index < -0.39 is 0 Å². The van der Waals surface area contributed by atoms with Crippen molar-refractivity contribution in [1.82, 2.24) is 4.90 Å². The Hall–Kier alpha value is -1.76. The normalized spacial score (nSPS) is 16.0. The van der Waals surface area contributed by atoms with Crippen LogP contribution in [0.5, 0.6) is 5.75 Å². The van der Waals surface area contributed by atoms with E-state index in [0.29, 0.717) is 15.7 Å². The van der Waals surface area contributed by atoms with Crippen LogP contribution in [0.1, 0.15) is 11.1 Å². The van der Waals surface area contributed by atoms with Crippen LogP contribution in [0.15, 0.2) is 51.8 Å². The van der Waals surface area contributed by atoms with Crippen molar-refractivity contribution in [1.29, 1.82) is 0 Å². The maximum Gasteiger partial charge on any atom is 0.293 e. The summed E-state index contributed by atoms with van der Waals surface area (Å²) in [6, 6.07) is 12.5. The molecule has 4 nitrogen and oxygen atoms in total. The molecule has 0 aromatic heterocycles. The van der Waals surface area contributed by atoms with Crippen LogP contribution in [0, 0.1) is 0 Å². The van der Waals surface area contributed by atoms with Gasteiger partial charge in [-0.3, -0.25) is 14.5 Å². The molecule has 25 heavy (non-hydrogen) atoms. The minimum atomic E-state index is -0.295. The van der Waals surface area contributed by atoms with Crippen LogP contribution < -0.4 is 4.74 Å². The molecule has 0 aliphatic carbocycles. The van der Waals surface area contributed by atoms with Gasteiger partial charge in [-0.2, -0.15) is 0 Å². The Kier molecular flexibility index (Phi) is 5.51. The van der Waals surface area contributed by atoms with Crippen LogP contribution in [0.25, 0.3) is 6.08 Å². The van der Waals surface area contributed by atoms with Crippen molar-refractivity contribution in [3.63, 3.8) is 0 Å². The summed E-state index contributed by atoms with van der Waals surface area (Å²) < 4.78 is 5.97. The number of benzene rings is 2. The van der Waals surface area contributed by atoms with Gasteiger partial charge in [0.15, 0.2) is 0 Å². The molecule has 1 saturated heterocycles. The Morgan fingerprint density at radius 1 is 1.20 bits per heavy atom. The molecule has 0 spiro atoms. The number of methoxy groups -OCH3 is 1. The van der Waals surface area contributed by atoms with Gasteiger partial charge in [0.05, 0.1) is 23.0 Å². The smallest absolute Gasteiger partial charge is 0.293 e. The number of ether oxygens (including phenoxy) is 1. The predicted molar refractivity (Wildman–Crippen MR) is 104 cm³/mol. The average Bonchev–Trinajstić information content (AvgIpc) is 2.84. The van der Waals surface area contributed by atoms with E-state index in [0.717, 1.165) is 27.4 Å². The molecule has 1 aliphatic heterocycles. The Labute approximate surface area is 162 Å². The summed E-state index contributed by atoms with van der Waals surface area (Å²) in [5, 5.41) is 0.335. The molecule has 0 radical (unpaired) electrons. The highest BCUT2D eigenvalue weighted by molar-refractivity contribution is 9.10. The molecule has 3 rings (SSSR count). The van der Waals surface area contributed by atoms with E-state index in [1.807, 2.05) is 12.1 Å². The minimum Gasteiger partial charge on any atom is -0.496 e. The fourth-order valence-corrected chi connectivity index (χ4v) is 3.86. The number of amides is 2. The zero-order valence-corrected chi connectivity index (χ0v) is 16.3. The molecule has 0 atom stereocenters. The molecule has 2 aromatic carbocycles. The van der Waals surface area contributed by atoms with Crippen molar-refractivity contribution < 1.29 is 14.3 Å². The van der Waals surface area contributed by atoms with Crippen LogP contribution in [0.3, 0.4) is 0 Å². The first-order valence-corrected chi connectivity index (χ1v) is 9.30. The van der Waals surface area contributed by atoms with E-state index in [1.165, 1.54) is 4.90 Å². The van der Waals surface area contributed by atoms with Crippen molar-refractivity contribution in [3.8, 4) is 5.75 Å². The van der Waals surface area contributed by atoms with Gasteiger partial charge < -0.3 is 4.74 Å². The number of thioether (sulfide) groups is 1. The number of nitrogens with zero attached hydrogens (tertiary/aromatic N) is 1. The SMILES string of the molecule is COc1ccc(/C=C2\SC(=O)N(Cc3ccc(Cl)cc3)C2=O)cc1Br. The lowest BCUT2D eigenvalue weighted by Gasteiger charge is -2.12. The summed E-state index contributed by atoms with van der Waals surface area (Å²) in [6.07, 6.45) is 1.71. The van der Waals surface area contributed by atoms with Gasteiger partial charge in [-0.05, 0) is 69.2 Å². The third-order valence-electron chi connectivity index (χ3n) is 3.60. The second-order valence-electron chi connectivity index (χ2n) is 5.29. The summed E-state index contributed by atoms with van der Waals surface area (Å²) >= 11 is 10.2. The fourth-order valence-electron chi connectivity index (χ4n) is 2.33. The lowest BCUT2D eigenvalue weighted by molar-refractivity contribution is -0.123. The minimum absolute atomic E-state index is 0.228. The second-order valence-corrected chi connectivity index (χ2v) is 7.57. The lowest BCUT2D eigenvalue weighted by atomic mass is 10.2. The summed E-state index contributed by atoms with van der Waals surface area (Å²) in [6.45, 7) is 0.228. The average molecular weight is 439 g/mol. The van der Waals surface area contributed by atoms with Crippen molar-refractivity contribution in [2.45, 2.75) is 6.54 Å². The van der Waals surface area contributed by atoms with Crippen molar-refractivity contribution >= 4 is 56.5 Å². The third-order valence-corrected chi connectivity index (χ3v) is 5.38. The molecular formula is C18H13BrClNO3S. The monoisotopic (exact) mass is 437 g/mol. The van der Waals surface area contributed by atoms with E-state index in [-0.39, 0.29) is 17.7 Å². The Morgan fingerprint density at radius 2 is 1.92 bits per heavy atom. The lowest BCUT2D eigenvalue weighted by Crippen LogP contribution is -2.27. The number of rotatable bonds is 4. The molecule has 1 heterocycles. The van der Waals surface area contributed by atoms with Crippen LogP contribution >= 0.6 is 39.3 Å². The van der Waals surface area contributed by atoms with E-state index in [2.05, 4.69) is 15.9 Å². The summed E-state index contributed by atoms with van der Waals surface area (Å²) in [5.41, 5.74) is 1.66. The van der Waals surface area contributed by atoms with Crippen LogP contribution in [-0.4, -0.2) is 23.2 Å². The van der Waals surface area contributed by atoms with Gasteiger partial charge in [0.2, 0.25) is 0 Å². The predicted octanol–water partition coefficient (Wildman–Crippen LogP) is 5.35. The van der Waals surface area contributed by atoms with Gasteiger partial charge in [0, 0.05) is 5.02 Å². The second kappa shape index (κ2) is 7.64. The third kappa shape index (κ3) is 4.08. The van der Waals surface area contributed by atoms with Gasteiger partial charge >= 0.3 is 0 Å². The number of halogens is 2. The molecule has 0 unspecified atom stereocenters. The van der Waals surface area contributed by atoms with Gasteiger partial charge in [-0.1, -0.05) is 29.8 Å². The number of carbonyl (C=O) groups is 2. The maximum atomic E-state index is 12.6. The van der Waals surface area contributed by atoms with E-state index >= 15 is 0 Å². The number of hydrogen-bond donors (Lipinski definition) is 0. The Balaban J connectivity index is 1.80. The van der Waals surface area contributed by atoms with Crippen molar-refractivity contribution in [2.24, 2.45) is 0 Å². The Morgan fingerprint density at radius 3 is 2.56 bits per heavy atom. The van der Waals surface area contributed by atoms with Gasteiger partial charge in [0.25, 0.3) is 11.1 Å². The van der Waals surface area contributed by atoms with Gasteiger partial charge in [-0.15, -0.1) is 0 Å². The zero-order valence-electron chi connectivity index (χ0n) is 13.2. The summed E-state index contributed by atoms with van der Waals surface area (Å²) in [4.78, 5) is 26.4. The highest BCUT2D eigenvalue weighted by atomic mass is 79.9. The standard InChI is InChI=1S/C18H13BrClNO3S/c1-24-15-7-4-12(8-14(15)19)9-16-17(22)21(18(23)25-16)10-11-2-5-13(20)6-3-11/h2-9H,10H2,1H3/b16-9-. The first-order chi connectivity index (χ1) is 12.0. The van der Waals surface area contributed by atoms with E-state index in [9.17, 15) is 9.59 Å². The molecule has 0 N–H and O–H groups in total. The molecule has 0 saturated carbocycles. The summed E-state index contributed by atoms with van der Waals surface area (Å²) in [5.74, 6) is 0.407. The van der Waals surface area contributed by atoms with Crippen molar-refractivity contribution in [2.75, 3.05) is 7.11 Å². The van der Waals surface area contributed by atoms with Gasteiger partial charge in [-0.25, -0.2) is 0 Å². The number of imide groups is 1. The molecule has 1 aliphatic rings. The molecule has 2 amide bonds. The molecule has 0 bridgehead atoms. The molecule has 128 valence electrons. The van der Waals surface area contributed by atoms with Crippen molar-refractivity contribution in [3.05, 3.63) is 68.0 Å². The molecular weight excluding hydrogens is 426 g/mol. The van der Waals surface area contributed by atoms with Crippen LogP contribution in [-0.2, 0) is 11.3 Å². The highest BCUT2D eigenvalue weighted by Gasteiger charge is 2.34. The summed E-state index contributed by atoms with van der Waals surface area (Å²) in [7, 11) is 1.59. The van der Waals surface area contributed by atoms with E-state index in [4.69, 9.17) is 16.3 Å².